The highest BCUT2D eigenvalue weighted by Gasteiger charge is 2.05. The first kappa shape index (κ1) is 14.0. The predicted molar refractivity (Wildman–Crippen MR) is 82.1 cm³/mol. The molecule has 0 amide bonds. The van der Waals surface area contributed by atoms with Crippen molar-refractivity contribution in [1.29, 1.82) is 5.26 Å². The van der Waals surface area contributed by atoms with Crippen molar-refractivity contribution in [2.45, 2.75) is 12.3 Å². The van der Waals surface area contributed by atoms with Gasteiger partial charge in [0.2, 0.25) is 0 Å². The molecule has 1 heterocycles. The number of furan rings is 1. The predicted octanol–water partition coefficient (Wildman–Crippen LogP) is 4.39. The van der Waals surface area contributed by atoms with Gasteiger partial charge in [0.1, 0.15) is 17.6 Å². The van der Waals surface area contributed by atoms with E-state index in [-0.39, 0.29) is 0 Å². The average Bonchev–Trinajstić information content (AvgIpc) is 2.85. The first-order chi connectivity index (χ1) is 9.22. The first-order valence-corrected chi connectivity index (χ1v) is 7.91. The monoisotopic (exact) mass is 336 g/mol. The van der Waals surface area contributed by atoms with Crippen molar-refractivity contribution in [3.8, 4) is 6.07 Å². The Morgan fingerprint density at radius 3 is 2.84 bits per heavy atom. The smallest absolute Gasteiger partial charge is 0.123 e. The van der Waals surface area contributed by atoms with Crippen molar-refractivity contribution in [1.82, 2.24) is 0 Å². The molecule has 98 valence electrons. The number of thioether (sulfide) groups is 1. The summed E-state index contributed by atoms with van der Waals surface area (Å²) in [6, 6.07) is 11.7. The van der Waals surface area contributed by atoms with Gasteiger partial charge < -0.3 is 9.73 Å². The third-order valence-electron chi connectivity index (χ3n) is 2.56. The van der Waals surface area contributed by atoms with Crippen LogP contribution >= 0.6 is 27.7 Å². The molecule has 1 aromatic heterocycles. The minimum atomic E-state index is 0.574. The van der Waals surface area contributed by atoms with Crippen molar-refractivity contribution in [2.75, 3.05) is 11.6 Å². The molecule has 0 spiro atoms. The fourth-order valence-corrected chi connectivity index (χ4v) is 2.48. The Morgan fingerprint density at radius 2 is 2.11 bits per heavy atom. The molecule has 0 aliphatic carbocycles. The van der Waals surface area contributed by atoms with Crippen LogP contribution < -0.4 is 5.32 Å². The van der Waals surface area contributed by atoms with Crippen molar-refractivity contribution in [2.24, 2.45) is 0 Å². The molecule has 0 saturated heterocycles. The van der Waals surface area contributed by atoms with E-state index in [9.17, 15) is 0 Å². The molecular formula is C14H13BrN2OS. The zero-order valence-electron chi connectivity index (χ0n) is 10.4. The van der Waals surface area contributed by atoms with E-state index in [1.54, 1.807) is 17.8 Å². The zero-order valence-corrected chi connectivity index (χ0v) is 12.8. The Balaban J connectivity index is 2.04. The molecule has 5 heteroatoms. The SMILES string of the molecule is CSCc1ccc(CNc2ccc(Br)cc2C#N)o1. The first-order valence-electron chi connectivity index (χ1n) is 5.73. The highest BCUT2D eigenvalue weighted by molar-refractivity contribution is 9.10. The maximum absolute atomic E-state index is 9.08. The van der Waals surface area contributed by atoms with Crippen LogP contribution in [0.25, 0.3) is 0 Å². The highest BCUT2D eigenvalue weighted by Crippen LogP contribution is 2.21. The molecule has 0 unspecified atom stereocenters. The maximum Gasteiger partial charge on any atom is 0.123 e. The zero-order chi connectivity index (χ0) is 13.7. The fraction of sp³-hybridized carbons (Fsp3) is 0.214. The number of hydrogen-bond donors (Lipinski definition) is 1. The number of benzene rings is 1. The van der Waals surface area contributed by atoms with E-state index >= 15 is 0 Å². The van der Waals surface area contributed by atoms with Gasteiger partial charge in [-0.25, -0.2) is 0 Å². The van der Waals surface area contributed by atoms with Crippen LogP contribution in [0.4, 0.5) is 5.69 Å². The third-order valence-corrected chi connectivity index (χ3v) is 3.63. The Hall–Kier alpha value is -1.38. The summed E-state index contributed by atoms with van der Waals surface area (Å²) in [5.74, 6) is 2.72. The number of anilines is 1. The van der Waals surface area contributed by atoms with Gasteiger partial charge in [0.15, 0.2) is 0 Å². The van der Waals surface area contributed by atoms with Crippen molar-refractivity contribution < 1.29 is 4.42 Å². The second-order valence-corrected chi connectivity index (χ2v) is 5.74. The second kappa shape index (κ2) is 6.69. The maximum atomic E-state index is 9.08. The van der Waals surface area contributed by atoms with Crippen LogP contribution in [0.1, 0.15) is 17.1 Å². The van der Waals surface area contributed by atoms with E-state index < -0.39 is 0 Å². The van der Waals surface area contributed by atoms with Gasteiger partial charge in [-0.15, -0.1) is 0 Å². The van der Waals surface area contributed by atoms with E-state index in [2.05, 4.69) is 27.3 Å². The summed E-state index contributed by atoms with van der Waals surface area (Å²) >= 11 is 5.08. The van der Waals surface area contributed by atoms with Gasteiger partial charge in [0.05, 0.1) is 23.5 Å². The largest absolute Gasteiger partial charge is 0.463 e. The quantitative estimate of drug-likeness (QED) is 0.879. The van der Waals surface area contributed by atoms with E-state index in [1.807, 2.05) is 30.5 Å². The molecule has 2 aromatic rings. The van der Waals surface area contributed by atoms with E-state index in [4.69, 9.17) is 9.68 Å². The lowest BCUT2D eigenvalue weighted by molar-refractivity contribution is 0.487. The van der Waals surface area contributed by atoms with Crippen LogP contribution in [-0.2, 0) is 12.3 Å². The molecular weight excluding hydrogens is 324 g/mol. The number of rotatable bonds is 5. The summed E-state index contributed by atoms with van der Waals surface area (Å²) in [4.78, 5) is 0. The molecule has 3 nitrogen and oxygen atoms in total. The summed E-state index contributed by atoms with van der Waals surface area (Å²) in [6.07, 6.45) is 2.04. The fourth-order valence-electron chi connectivity index (χ4n) is 1.68. The molecule has 2 rings (SSSR count). The van der Waals surface area contributed by atoms with Crippen LogP contribution in [0, 0.1) is 11.3 Å². The van der Waals surface area contributed by atoms with Gasteiger partial charge in [-0.3, -0.25) is 0 Å². The Labute approximate surface area is 125 Å². The third kappa shape index (κ3) is 3.79. The summed E-state index contributed by atoms with van der Waals surface area (Å²) in [7, 11) is 0. The number of hydrogen-bond acceptors (Lipinski definition) is 4. The Morgan fingerprint density at radius 1 is 1.32 bits per heavy atom. The average molecular weight is 337 g/mol. The minimum absolute atomic E-state index is 0.574. The summed E-state index contributed by atoms with van der Waals surface area (Å²) in [5.41, 5.74) is 1.43. The van der Waals surface area contributed by atoms with E-state index in [0.717, 1.165) is 27.4 Å². The van der Waals surface area contributed by atoms with Gasteiger partial charge in [0, 0.05) is 4.47 Å². The number of nitriles is 1. The van der Waals surface area contributed by atoms with Gasteiger partial charge in [0.25, 0.3) is 0 Å². The van der Waals surface area contributed by atoms with Crippen LogP contribution in [-0.4, -0.2) is 6.26 Å². The van der Waals surface area contributed by atoms with Crippen molar-refractivity contribution in [3.05, 3.63) is 51.9 Å². The van der Waals surface area contributed by atoms with Gasteiger partial charge in [-0.1, -0.05) is 15.9 Å². The summed E-state index contributed by atoms with van der Waals surface area (Å²) in [5, 5.41) is 12.3. The Bertz CT molecular complexity index is 604. The van der Waals surface area contributed by atoms with Crippen LogP contribution in [0.5, 0.6) is 0 Å². The van der Waals surface area contributed by atoms with Gasteiger partial charge in [-0.05, 0) is 36.6 Å². The molecule has 0 radical (unpaired) electrons. The molecule has 0 saturated carbocycles. The molecule has 0 aliphatic heterocycles. The number of nitrogens with zero attached hydrogens (tertiary/aromatic N) is 1. The lowest BCUT2D eigenvalue weighted by atomic mass is 10.2. The molecule has 0 bridgehead atoms. The van der Waals surface area contributed by atoms with E-state index in [0.29, 0.717) is 12.1 Å². The van der Waals surface area contributed by atoms with Crippen LogP contribution in [0.15, 0.2) is 39.2 Å². The van der Waals surface area contributed by atoms with Crippen molar-refractivity contribution >= 4 is 33.4 Å². The molecule has 0 aliphatic rings. The normalized spacial score (nSPS) is 10.2. The lowest BCUT2D eigenvalue weighted by Crippen LogP contribution is -2.00. The molecule has 0 atom stereocenters. The topological polar surface area (TPSA) is 49.0 Å². The number of nitrogens with one attached hydrogen (secondary N) is 1. The van der Waals surface area contributed by atoms with Gasteiger partial charge >= 0.3 is 0 Å². The van der Waals surface area contributed by atoms with Crippen molar-refractivity contribution in [3.63, 3.8) is 0 Å². The molecule has 1 N–H and O–H groups in total. The minimum Gasteiger partial charge on any atom is -0.463 e. The molecule has 1 aromatic carbocycles. The standard InChI is InChI=1S/C14H13BrN2OS/c1-19-9-13-4-3-12(18-13)8-17-14-5-2-11(15)6-10(14)7-16/h2-6,17H,8-9H2,1H3. The lowest BCUT2D eigenvalue weighted by Gasteiger charge is -2.06. The van der Waals surface area contributed by atoms with Crippen LogP contribution in [0.3, 0.4) is 0 Å². The van der Waals surface area contributed by atoms with Gasteiger partial charge in [-0.2, -0.15) is 17.0 Å². The molecule has 0 fully saturated rings. The number of halogens is 1. The summed E-state index contributed by atoms with van der Waals surface area (Å²) < 4.78 is 6.57. The second-order valence-electron chi connectivity index (χ2n) is 3.96. The Kier molecular flexibility index (Phi) is 4.94. The van der Waals surface area contributed by atoms with E-state index in [1.165, 1.54) is 0 Å². The molecule has 19 heavy (non-hydrogen) atoms. The highest BCUT2D eigenvalue weighted by atomic mass is 79.9. The van der Waals surface area contributed by atoms with Crippen LogP contribution in [0.2, 0.25) is 0 Å². The summed E-state index contributed by atoms with van der Waals surface area (Å²) in [6.45, 7) is 0.574.